The highest BCUT2D eigenvalue weighted by Crippen LogP contribution is 2.25. The summed E-state index contributed by atoms with van der Waals surface area (Å²) in [4.78, 5) is 14.9. The molecule has 3 aromatic rings. The minimum absolute atomic E-state index is 0.0284. The summed E-state index contributed by atoms with van der Waals surface area (Å²) < 4.78 is 41.2. The van der Waals surface area contributed by atoms with E-state index >= 15 is 0 Å². The lowest BCUT2D eigenvalue weighted by Crippen LogP contribution is -2.35. The maximum atomic E-state index is 13.8. The van der Waals surface area contributed by atoms with Crippen LogP contribution >= 0.6 is 0 Å². The third-order valence-corrected chi connectivity index (χ3v) is 7.16. The maximum absolute atomic E-state index is 13.8. The number of benzene rings is 3. The zero-order valence-corrected chi connectivity index (χ0v) is 18.4. The Morgan fingerprint density at radius 3 is 2.38 bits per heavy atom. The molecular weight excluding hydrogens is 427 g/mol. The van der Waals surface area contributed by atoms with Crippen LogP contribution in [-0.4, -0.2) is 31.8 Å². The van der Waals surface area contributed by atoms with Gasteiger partial charge in [-0.05, 0) is 67.6 Å². The van der Waals surface area contributed by atoms with Gasteiger partial charge >= 0.3 is 0 Å². The molecule has 1 aliphatic heterocycles. The number of nitrogens with one attached hydrogen (secondary N) is 1. The second-order valence-electron chi connectivity index (χ2n) is 7.93. The average molecular weight is 453 g/mol. The number of carbonyl (C=O) groups excluding carboxylic acids is 1. The number of sulfonamides is 1. The number of carbonyl (C=O) groups is 1. The standard InChI is InChI=1S/C25H25FN2O3S/c26-23-10-4-5-11-24(23)27-32(30,31)22-16-13-20(14-17-22)25(29)28-18-6-9-21(28)15-12-19-7-2-1-3-8-19/h1-5,7-8,10-11,13-14,16-17,21,27H,6,9,12,15,18H2. The van der Waals surface area contributed by atoms with Crippen LogP contribution in [0.15, 0.2) is 83.8 Å². The molecule has 0 spiro atoms. The third-order valence-electron chi connectivity index (χ3n) is 5.78. The van der Waals surface area contributed by atoms with Crippen molar-refractivity contribution in [3.63, 3.8) is 0 Å². The van der Waals surface area contributed by atoms with Crippen LogP contribution in [0.3, 0.4) is 0 Å². The quantitative estimate of drug-likeness (QED) is 0.557. The Hall–Kier alpha value is -3.19. The molecule has 1 fully saturated rings. The van der Waals surface area contributed by atoms with E-state index in [1.165, 1.54) is 48.0 Å². The lowest BCUT2D eigenvalue weighted by molar-refractivity contribution is 0.0730. The van der Waals surface area contributed by atoms with Gasteiger partial charge in [-0.3, -0.25) is 9.52 Å². The van der Waals surface area contributed by atoms with Crippen LogP contribution in [-0.2, 0) is 16.4 Å². The number of likely N-dealkylation sites (tertiary alicyclic amines) is 1. The maximum Gasteiger partial charge on any atom is 0.261 e. The second-order valence-corrected chi connectivity index (χ2v) is 9.61. The van der Waals surface area contributed by atoms with E-state index in [9.17, 15) is 17.6 Å². The number of hydrogen-bond donors (Lipinski definition) is 1. The third kappa shape index (κ3) is 4.99. The monoisotopic (exact) mass is 452 g/mol. The molecule has 5 nitrogen and oxygen atoms in total. The Bertz CT molecular complexity index is 1180. The first-order chi connectivity index (χ1) is 15.4. The first-order valence-corrected chi connectivity index (χ1v) is 12.1. The van der Waals surface area contributed by atoms with Crippen molar-refractivity contribution in [3.8, 4) is 0 Å². The van der Waals surface area contributed by atoms with Gasteiger partial charge in [0.1, 0.15) is 5.82 Å². The van der Waals surface area contributed by atoms with Crippen molar-refractivity contribution in [2.75, 3.05) is 11.3 Å². The Morgan fingerprint density at radius 1 is 0.969 bits per heavy atom. The van der Waals surface area contributed by atoms with E-state index < -0.39 is 15.8 Å². The van der Waals surface area contributed by atoms with Crippen molar-refractivity contribution < 1.29 is 17.6 Å². The molecule has 7 heteroatoms. The van der Waals surface area contributed by atoms with Crippen molar-refractivity contribution in [1.29, 1.82) is 0 Å². The zero-order chi connectivity index (χ0) is 22.6. The second kappa shape index (κ2) is 9.53. The first-order valence-electron chi connectivity index (χ1n) is 10.7. The molecule has 0 saturated carbocycles. The number of anilines is 1. The van der Waals surface area contributed by atoms with E-state index in [4.69, 9.17) is 0 Å². The summed E-state index contributed by atoms with van der Waals surface area (Å²) in [7, 11) is -3.96. The Balaban J connectivity index is 1.43. The van der Waals surface area contributed by atoms with E-state index in [0.717, 1.165) is 25.7 Å². The van der Waals surface area contributed by atoms with Gasteiger partial charge in [0, 0.05) is 18.2 Å². The molecule has 1 unspecified atom stereocenters. The van der Waals surface area contributed by atoms with Gasteiger partial charge in [-0.1, -0.05) is 42.5 Å². The van der Waals surface area contributed by atoms with Crippen molar-refractivity contribution in [3.05, 3.63) is 95.8 Å². The average Bonchev–Trinajstić information content (AvgIpc) is 3.28. The van der Waals surface area contributed by atoms with E-state index in [1.807, 2.05) is 23.1 Å². The molecule has 4 rings (SSSR count). The predicted octanol–water partition coefficient (Wildman–Crippen LogP) is 4.86. The number of nitrogens with zero attached hydrogens (tertiary/aromatic N) is 1. The van der Waals surface area contributed by atoms with Gasteiger partial charge in [0.15, 0.2) is 0 Å². The highest BCUT2D eigenvalue weighted by Gasteiger charge is 2.29. The lowest BCUT2D eigenvalue weighted by atomic mass is 10.0. The molecule has 1 saturated heterocycles. The van der Waals surface area contributed by atoms with Gasteiger partial charge in [0.05, 0.1) is 10.6 Å². The van der Waals surface area contributed by atoms with Crippen LogP contribution < -0.4 is 4.72 Å². The molecule has 0 aromatic heterocycles. The van der Waals surface area contributed by atoms with Gasteiger partial charge in [0.2, 0.25) is 0 Å². The number of aryl methyl sites for hydroxylation is 1. The summed E-state index contributed by atoms with van der Waals surface area (Å²) in [5.41, 5.74) is 1.58. The van der Waals surface area contributed by atoms with E-state index in [0.29, 0.717) is 12.1 Å². The highest BCUT2D eigenvalue weighted by molar-refractivity contribution is 7.92. The molecule has 0 bridgehead atoms. The van der Waals surface area contributed by atoms with Gasteiger partial charge in [0.25, 0.3) is 15.9 Å². The van der Waals surface area contributed by atoms with Crippen LogP contribution in [0, 0.1) is 5.82 Å². The molecule has 1 aliphatic rings. The molecular formula is C25H25FN2O3S. The van der Waals surface area contributed by atoms with Crippen LogP contribution in [0.1, 0.15) is 35.2 Å². The molecule has 1 atom stereocenters. The fourth-order valence-corrected chi connectivity index (χ4v) is 5.14. The topological polar surface area (TPSA) is 66.5 Å². The van der Waals surface area contributed by atoms with Crippen LogP contribution in [0.25, 0.3) is 0 Å². The number of para-hydroxylation sites is 1. The fraction of sp³-hybridized carbons (Fsp3) is 0.240. The van der Waals surface area contributed by atoms with Gasteiger partial charge in [-0.25, -0.2) is 12.8 Å². The SMILES string of the molecule is O=C(c1ccc(S(=O)(=O)Nc2ccccc2F)cc1)N1CCCC1CCc1ccccc1. The smallest absolute Gasteiger partial charge is 0.261 e. The van der Waals surface area contributed by atoms with Crippen molar-refractivity contribution in [2.24, 2.45) is 0 Å². The van der Waals surface area contributed by atoms with E-state index in [2.05, 4.69) is 16.9 Å². The molecule has 0 aliphatic carbocycles. The predicted molar refractivity (Wildman–Crippen MR) is 122 cm³/mol. The minimum Gasteiger partial charge on any atom is -0.336 e. The Labute approximate surface area is 187 Å². The normalized spacial score (nSPS) is 16.2. The van der Waals surface area contributed by atoms with Crippen LogP contribution in [0.4, 0.5) is 10.1 Å². The Morgan fingerprint density at radius 2 is 1.66 bits per heavy atom. The number of hydrogen-bond acceptors (Lipinski definition) is 3. The molecule has 1 heterocycles. The molecule has 1 N–H and O–H groups in total. The minimum atomic E-state index is -3.96. The summed E-state index contributed by atoms with van der Waals surface area (Å²) >= 11 is 0. The first kappa shape index (κ1) is 22.0. The summed E-state index contributed by atoms with van der Waals surface area (Å²) in [5, 5.41) is 0. The van der Waals surface area contributed by atoms with Crippen LogP contribution in [0.2, 0.25) is 0 Å². The van der Waals surface area contributed by atoms with Crippen molar-refractivity contribution >= 4 is 21.6 Å². The summed E-state index contributed by atoms with van der Waals surface area (Å²) in [6.07, 6.45) is 3.74. The van der Waals surface area contributed by atoms with E-state index in [1.54, 1.807) is 6.07 Å². The van der Waals surface area contributed by atoms with Crippen LogP contribution in [0.5, 0.6) is 0 Å². The fourth-order valence-electron chi connectivity index (χ4n) is 4.07. The van der Waals surface area contributed by atoms with Crippen molar-refractivity contribution in [1.82, 2.24) is 4.90 Å². The molecule has 32 heavy (non-hydrogen) atoms. The molecule has 0 radical (unpaired) electrons. The number of rotatable bonds is 7. The lowest BCUT2D eigenvalue weighted by Gasteiger charge is -2.25. The van der Waals surface area contributed by atoms with Crippen molar-refractivity contribution in [2.45, 2.75) is 36.6 Å². The largest absolute Gasteiger partial charge is 0.336 e. The number of amides is 1. The number of halogens is 1. The molecule has 166 valence electrons. The van der Waals surface area contributed by atoms with Gasteiger partial charge < -0.3 is 4.90 Å². The summed E-state index contributed by atoms with van der Waals surface area (Å²) in [5.74, 6) is -0.745. The Kier molecular flexibility index (Phi) is 6.55. The van der Waals surface area contributed by atoms with Gasteiger partial charge in [-0.15, -0.1) is 0 Å². The molecule has 3 aromatic carbocycles. The van der Waals surface area contributed by atoms with E-state index in [-0.39, 0.29) is 22.5 Å². The van der Waals surface area contributed by atoms with Gasteiger partial charge in [-0.2, -0.15) is 0 Å². The molecule has 1 amide bonds. The zero-order valence-electron chi connectivity index (χ0n) is 17.6. The summed E-state index contributed by atoms with van der Waals surface area (Å²) in [6.45, 7) is 0.702. The summed E-state index contributed by atoms with van der Waals surface area (Å²) in [6, 6.07) is 21.8. The highest BCUT2D eigenvalue weighted by atomic mass is 32.2.